The van der Waals surface area contributed by atoms with Crippen LogP contribution in [-0.4, -0.2) is 28.4 Å². The summed E-state index contributed by atoms with van der Waals surface area (Å²) in [6, 6.07) is 9.58. The first-order valence-corrected chi connectivity index (χ1v) is 7.39. The monoisotopic (exact) mass is 273 g/mol. The van der Waals surface area contributed by atoms with E-state index in [1.165, 1.54) is 23.1 Å². The van der Waals surface area contributed by atoms with Gasteiger partial charge in [0.05, 0.1) is 11.6 Å². The molecule has 4 nitrogen and oxygen atoms in total. The number of aryl methyl sites for hydroxylation is 1. The fraction of sp³-hybridized carbons (Fsp3) is 0.286. The van der Waals surface area contributed by atoms with Gasteiger partial charge in [-0.15, -0.1) is 11.8 Å². The molecule has 1 aromatic carbocycles. The highest BCUT2D eigenvalue weighted by molar-refractivity contribution is 7.99. The van der Waals surface area contributed by atoms with Gasteiger partial charge in [0.2, 0.25) is 0 Å². The number of aromatic nitrogens is 2. The average Bonchev–Trinajstić information content (AvgIpc) is 2.93. The third-order valence-electron chi connectivity index (χ3n) is 3.27. The summed E-state index contributed by atoms with van der Waals surface area (Å²) in [7, 11) is 0. The van der Waals surface area contributed by atoms with Crippen molar-refractivity contribution in [1.82, 2.24) is 10.2 Å². The van der Waals surface area contributed by atoms with Gasteiger partial charge in [-0.25, -0.2) is 5.10 Å². The van der Waals surface area contributed by atoms with Crippen LogP contribution in [0.15, 0.2) is 35.1 Å². The van der Waals surface area contributed by atoms with E-state index in [-0.39, 0.29) is 5.56 Å². The summed E-state index contributed by atoms with van der Waals surface area (Å²) in [5, 5.41) is 6.53. The molecule has 0 bridgehead atoms. The number of rotatable bonds is 2. The van der Waals surface area contributed by atoms with E-state index in [0.29, 0.717) is 0 Å². The molecule has 19 heavy (non-hydrogen) atoms. The first kappa shape index (κ1) is 12.3. The van der Waals surface area contributed by atoms with Crippen LogP contribution in [0.1, 0.15) is 5.56 Å². The molecule has 3 rings (SSSR count). The standard InChI is InChI=1S/C14H15N3OS/c1-10-8-11(12-3-5-14(18)16-15-12)2-4-13(10)17-6-7-19-9-17/h2-5,8H,6-7,9H2,1H3,(H,16,18). The van der Waals surface area contributed by atoms with Crippen LogP contribution < -0.4 is 10.5 Å². The second-order valence-corrected chi connectivity index (χ2v) is 5.68. The molecule has 1 N–H and O–H groups in total. The van der Waals surface area contributed by atoms with Gasteiger partial charge < -0.3 is 4.90 Å². The molecule has 0 atom stereocenters. The molecule has 1 aliphatic heterocycles. The van der Waals surface area contributed by atoms with Crippen molar-refractivity contribution in [2.75, 3.05) is 23.1 Å². The Kier molecular flexibility index (Phi) is 3.29. The number of nitrogens with one attached hydrogen (secondary N) is 1. The summed E-state index contributed by atoms with van der Waals surface area (Å²) in [6.07, 6.45) is 0. The topological polar surface area (TPSA) is 49.0 Å². The highest BCUT2D eigenvalue weighted by atomic mass is 32.2. The zero-order valence-electron chi connectivity index (χ0n) is 10.7. The first-order valence-electron chi connectivity index (χ1n) is 6.23. The van der Waals surface area contributed by atoms with Gasteiger partial charge in [0.25, 0.3) is 5.56 Å². The Morgan fingerprint density at radius 2 is 2.21 bits per heavy atom. The quantitative estimate of drug-likeness (QED) is 0.912. The Morgan fingerprint density at radius 1 is 1.32 bits per heavy atom. The SMILES string of the molecule is Cc1cc(-c2ccc(=O)[nH]n2)ccc1N1CCSC1. The van der Waals surface area contributed by atoms with Gasteiger partial charge in [-0.3, -0.25) is 4.79 Å². The lowest BCUT2D eigenvalue weighted by atomic mass is 10.1. The number of nitrogens with zero attached hydrogens (tertiary/aromatic N) is 2. The van der Waals surface area contributed by atoms with Gasteiger partial charge in [0, 0.05) is 29.6 Å². The number of benzene rings is 1. The third-order valence-corrected chi connectivity index (χ3v) is 4.23. The van der Waals surface area contributed by atoms with Crippen LogP contribution in [0.2, 0.25) is 0 Å². The van der Waals surface area contributed by atoms with Gasteiger partial charge in [-0.05, 0) is 30.7 Å². The maximum atomic E-state index is 11.0. The fourth-order valence-corrected chi connectivity index (χ4v) is 3.25. The molecule has 0 saturated carbocycles. The van der Waals surface area contributed by atoms with Crippen LogP contribution in [0, 0.1) is 6.92 Å². The van der Waals surface area contributed by atoms with E-state index < -0.39 is 0 Å². The zero-order chi connectivity index (χ0) is 13.2. The van der Waals surface area contributed by atoms with Crippen molar-refractivity contribution in [2.24, 2.45) is 0 Å². The molecule has 1 aromatic heterocycles. The predicted octanol–water partition coefficient (Wildman–Crippen LogP) is 2.26. The normalized spacial score (nSPS) is 14.9. The Morgan fingerprint density at radius 3 is 2.84 bits per heavy atom. The molecular weight excluding hydrogens is 258 g/mol. The number of hydrogen-bond donors (Lipinski definition) is 1. The van der Waals surface area contributed by atoms with Crippen LogP contribution in [0.25, 0.3) is 11.3 Å². The summed E-state index contributed by atoms with van der Waals surface area (Å²) < 4.78 is 0. The minimum absolute atomic E-state index is 0.175. The average molecular weight is 273 g/mol. The van der Waals surface area contributed by atoms with E-state index in [4.69, 9.17) is 0 Å². The molecule has 98 valence electrons. The molecule has 0 amide bonds. The highest BCUT2D eigenvalue weighted by Crippen LogP contribution is 2.29. The molecule has 0 aliphatic carbocycles. The van der Waals surface area contributed by atoms with E-state index in [9.17, 15) is 4.79 Å². The van der Waals surface area contributed by atoms with Crippen molar-refractivity contribution in [3.05, 3.63) is 46.2 Å². The van der Waals surface area contributed by atoms with Gasteiger partial charge >= 0.3 is 0 Å². The molecule has 1 fully saturated rings. The number of anilines is 1. The predicted molar refractivity (Wildman–Crippen MR) is 79.7 cm³/mol. The van der Waals surface area contributed by atoms with Gasteiger partial charge in [0.1, 0.15) is 0 Å². The van der Waals surface area contributed by atoms with Crippen molar-refractivity contribution < 1.29 is 0 Å². The number of aromatic amines is 1. The molecule has 0 spiro atoms. The maximum Gasteiger partial charge on any atom is 0.264 e. The van der Waals surface area contributed by atoms with Crippen molar-refractivity contribution in [3.63, 3.8) is 0 Å². The second kappa shape index (κ2) is 5.09. The smallest absolute Gasteiger partial charge is 0.264 e. The van der Waals surface area contributed by atoms with E-state index in [2.05, 4.69) is 40.2 Å². The molecule has 1 saturated heterocycles. The minimum Gasteiger partial charge on any atom is -0.361 e. The van der Waals surface area contributed by atoms with Gasteiger partial charge in [-0.1, -0.05) is 6.07 Å². The summed E-state index contributed by atoms with van der Waals surface area (Å²) in [4.78, 5) is 13.4. The number of thioether (sulfide) groups is 1. The Labute approximate surface area is 115 Å². The van der Waals surface area contributed by atoms with Gasteiger partial charge in [-0.2, -0.15) is 5.10 Å². The molecule has 0 unspecified atom stereocenters. The maximum absolute atomic E-state index is 11.0. The van der Waals surface area contributed by atoms with Crippen LogP contribution >= 0.6 is 11.8 Å². The van der Waals surface area contributed by atoms with Crippen LogP contribution in [0.4, 0.5) is 5.69 Å². The molecule has 2 heterocycles. The fourth-order valence-electron chi connectivity index (χ4n) is 2.28. The van der Waals surface area contributed by atoms with E-state index in [0.717, 1.165) is 23.7 Å². The lowest BCUT2D eigenvalue weighted by Crippen LogP contribution is -2.18. The van der Waals surface area contributed by atoms with Gasteiger partial charge in [0.15, 0.2) is 0 Å². The van der Waals surface area contributed by atoms with Crippen molar-refractivity contribution >= 4 is 17.4 Å². The molecule has 1 aliphatic rings. The first-order chi connectivity index (χ1) is 9.24. The lowest BCUT2D eigenvalue weighted by molar-refractivity contribution is 0.982. The van der Waals surface area contributed by atoms with E-state index in [1.807, 2.05) is 11.8 Å². The van der Waals surface area contributed by atoms with Crippen molar-refractivity contribution in [3.8, 4) is 11.3 Å². The van der Waals surface area contributed by atoms with Crippen molar-refractivity contribution in [2.45, 2.75) is 6.92 Å². The summed E-state index contributed by atoms with van der Waals surface area (Å²) in [5.74, 6) is 2.26. The van der Waals surface area contributed by atoms with E-state index >= 15 is 0 Å². The van der Waals surface area contributed by atoms with Crippen LogP contribution in [-0.2, 0) is 0 Å². The summed E-state index contributed by atoms with van der Waals surface area (Å²) >= 11 is 1.96. The summed E-state index contributed by atoms with van der Waals surface area (Å²) in [5.41, 5.74) is 4.19. The highest BCUT2D eigenvalue weighted by Gasteiger charge is 2.15. The minimum atomic E-state index is -0.175. The molecule has 5 heteroatoms. The largest absolute Gasteiger partial charge is 0.361 e. The number of H-pyrrole nitrogens is 1. The molecular formula is C14H15N3OS. The third kappa shape index (κ3) is 2.51. The zero-order valence-corrected chi connectivity index (χ0v) is 11.5. The second-order valence-electron chi connectivity index (χ2n) is 4.61. The number of hydrogen-bond acceptors (Lipinski definition) is 4. The van der Waals surface area contributed by atoms with Crippen LogP contribution in [0.3, 0.4) is 0 Å². The van der Waals surface area contributed by atoms with Crippen LogP contribution in [0.5, 0.6) is 0 Å². The Hall–Kier alpha value is -1.75. The summed E-state index contributed by atoms with van der Waals surface area (Å²) in [6.45, 7) is 3.23. The Bertz CT molecular complexity index is 627. The molecule has 2 aromatic rings. The Balaban J connectivity index is 1.94. The van der Waals surface area contributed by atoms with Crippen molar-refractivity contribution in [1.29, 1.82) is 0 Å². The lowest BCUT2D eigenvalue weighted by Gasteiger charge is -2.19. The van der Waals surface area contributed by atoms with E-state index in [1.54, 1.807) is 6.07 Å². The molecule has 0 radical (unpaired) electrons.